The van der Waals surface area contributed by atoms with Crippen LogP contribution in [0.4, 0.5) is 5.69 Å². The first kappa shape index (κ1) is 19.5. The quantitative estimate of drug-likeness (QED) is 0.761. The van der Waals surface area contributed by atoms with Crippen molar-refractivity contribution in [3.8, 4) is 0 Å². The van der Waals surface area contributed by atoms with E-state index in [4.69, 9.17) is 4.74 Å². The predicted octanol–water partition coefficient (Wildman–Crippen LogP) is 4.73. The number of amides is 1. The topological polar surface area (TPSA) is 60.3 Å². The van der Waals surface area contributed by atoms with E-state index in [1.165, 1.54) is 38.5 Å². The summed E-state index contributed by atoms with van der Waals surface area (Å²) in [7, 11) is 0. The van der Waals surface area contributed by atoms with E-state index in [1.54, 1.807) is 4.57 Å². The number of anilines is 1. The van der Waals surface area contributed by atoms with E-state index in [0.717, 1.165) is 48.3 Å². The van der Waals surface area contributed by atoms with Gasteiger partial charge in [0.15, 0.2) is 0 Å². The molecule has 1 saturated heterocycles. The summed E-state index contributed by atoms with van der Waals surface area (Å²) in [6, 6.07) is 7.62. The highest BCUT2D eigenvalue weighted by Gasteiger charge is 2.51. The molecule has 1 aromatic carbocycles. The standard InChI is InChI=1S/C26H32N2O3/c29-24(15-26-12-17-9-18(13-26)11-19(10-17)14-26)27-23-5-1-4-22-21(23)6-7-28(25(22)30)16-20-3-2-8-31-20/h1,4-7,17-20H,2-3,8-16H2,(H,27,29). The minimum atomic E-state index is -0.00909. The molecule has 4 bridgehead atoms. The normalized spacial score (nSPS) is 33.8. The molecule has 0 radical (unpaired) electrons. The molecule has 31 heavy (non-hydrogen) atoms. The SMILES string of the molecule is O=C(CC12CC3CC(CC(C3)C1)C2)Nc1cccc2c(=O)n(CC3CCCO3)ccc12. The average Bonchev–Trinajstić information content (AvgIpc) is 3.22. The van der Waals surface area contributed by atoms with Gasteiger partial charge in [0.1, 0.15) is 0 Å². The number of ether oxygens (including phenoxy) is 1. The number of fused-ring (bicyclic) bond motifs is 1. The Balaban J connectivity index is 1.21. The average molecular weight is 421 g/mol. The molecule has 1 aromatic heterocycles. The number of carbonyl (C=O) groups excluding carboxylic acids is 1. The van der Waals surface area contributed by atoms with Crippen molar-refractivity contribution in [2.24, 2.45) is 23.2 Å². The lowest BCUT2D eigenvalue weighted by atomic mass is 9.49. The number of nitrogens with one attached hydrogen (secondary N) is 1. The maximum absolute atomic E-state index is 13.1. The van der Waals surface area contributed by atoms with Crippen molar-refractivity contribution >= 4 is 22.4 Å². The van der Waals surface area contributed by atoms with E-state index in [-0.39, 0.29) is 23.0 Å². The van der Waals surface area contributed by atoms with Gasteiger partial charge < -0.3 is 14.6 Å². The number of aromatic nitrogens is 1. The van der Waals surface area contributed by atoms with Gasteiger partial charge in [-0.25, -0.2) is 0 Å². The third-order valence-corrected chi connectivity index (χ3v) is 8.42. The van der Waals surface area contributed by atoms with Gasteiger partial charge in [0.2, 0.25) is 5.91 Å². The lowest BCUT2D eigenvalue weighted by Gasteiger charge is -2.56. The Morgan fingerprint density at radius 3 is 2.48 bits per heavy atom. The number of pyridine rings is 1. The van der Waals surface area contributed by atoms with Crippen molar-refractivity contribution in [3.63, 3.8) is 0 Å². The van der Waals surface area contributed by atoms with Crippen LogP contribution < -0.4 is 10.9 Å². The van der Waals surface area contributed by atoms with Gasteiger partial charge in [0.05, 0.1) is 12.6 Å². The lowest BCUT2D eigenvalue weighted by molar-refractivity contribution is -0.124. The second-order valence-corrected chi connectivity index (χ2v) is 10.8. The number of carbonyl (C=O) groups is 1. The van der Waals surface area contributed by atoms with Gasteiger partial charge in [-0.1, -0.05) is 6.07 Å². The highest BCUT2D eigenvalue weighted by atomic mass is 16.5. The van der Waals surface area contributed by atoms with Crippen molar-refractivity contribution < 1.29 is 9.53 Å². The van der Waals surface area contributed by atoms with Gasteiger partial charge in [-0.2, -0.15) is 0 Å². The number of benzene rings is 1. The highest BCUT2D eigenvalue weighted by Crippen LogP contribution is 2.61. The zero-order valence-corrected chi connectivity index (χ0v) is 18.1. The smallest absolute Gasteiger partial charge is 0.258 e. The van der Waals surface area contributed by atoms with E-state index in [9.17, 15) is 9.59 Å². The molecule has 5 heteroatoms. The first-order valence-corrected chi connectivity index (χ1v) is 12.1. The number of nitrogens with zero attached hydrogens (tertiary/aromatic N) is 1. The Hall–Kier alpha value is -2.14. The molecule has 1 amide bonds. The van der Waals surface area contributed by atoms with Crippen LogP contribution in [0.3, 0.4) is 0 Å². The van der Waals surface area contributed by atoms with Crippen LogP contribution in [-0.4, -0.2) is 23.2 Å². The minimum Gasteiger partial charge on any atom is -0.376 e. The molecule has 1 atom stereocenters. The van der Waals surface area contributed by atoms with Crippen LogP contribution in [0.25, 0.3) is 10.8 Å². The number of hydrogen-bond acceptors (Lipinski definition) is 3. The molecule has 5 nitrogen and oxygen atoms in total. The van der Waals surface area contributed by atoms with E-state index in [2.05, 4.69) is 5.32 Å². The summed E-state index contributed by atoms with van der Waals surface area (Å²) < 4.78 is 7.45. The van der Waals surface area contributed by atoms with Crippen molar-refractivity contribution in [1.82, 2.24) is 4.57 Å². The van der Waals surface area contributed by atoms with Crippen LogP contribution in [0.1, 0.15) is 57.8 Å². The minimum absolute atomic E-state index is 0.00909. The largest absolute Gasteiger partial charge is 0.376 e. The Morgan fingerprint density at radius 2 is 1.81 bits per heavy atom. The highest BCUT2D eigenvalue weighted by molar-refractivity contribution is 6.02. The second-order valence-electron chi connectivity index (χ2n) is 10.8. The van der Waals surface area contributed by atoms with Crippen LogP contribution >= 0.6 is 0 Å². The molecule has 2 heterocycles. The fourth-order valence-electron chi connectivity index (χ4n) is 7.62. The van der Waals surface area contributed by atoms with Gasteiger partial charge in [-0.3, -0.25) is 9.59 Å². The maximum atomic E-state index is 13.1. The third kappa shape index (κ3) is 3.61. The summed E-state index contributed by atoms with van der Waals surface area (Å²) in [4.78, 5) is 26.2. The van der Waals surface area contributed by atoms with Crippen LogP contribution in [0.5, 0.6) is 0 Å². The summed E-state index contributed by atoms with van der Waals surface area (Å²) in [5.74, 6) is 2.65. The van der Waals surface area contributed by atoms with E-state index < -0.39 is 0 Å². The molecule has 0 spiro atoms. The molecular formula is C26H32N2O3. The first-order chi connectivity index (χ1) is 15.1. The zero-order chi connectivity index (χ0) is 21.0. The zero-order valence-electron chi connectivity index (χ0n) is 18.1. The molecule has 1 unspecified atom stereocenters. The van der Waals surface area contributed by atoms with Crippen LogP contribution in [0.2, 0.25) is 0 Å². The van der Waals surface area contributed by atoms with Crippen molar-refractivity contribution in [3.05, 3.63) is 40.8 Å². The summed E-state index contributed by atoms with van der Waals surface area (Å²) in [6.07, 6.45) is 12.5. The summed E-state index contributed by atoms with van der Waals surface area (Å²) in [5.41, 5.74) is 0.969. The van der Waals surface area contributed by atoms with E-state index >= 15 is 0 Å². The van der Waals surface area contributed by atoms with Crippen molar-refractivity contribution in [1.29, 1.82) is 0 Å². The molecule has 164 valence electrons. The van der Waals surface area contributed by atoms with Crippen molar-refractivity contribution in [2.75, 3.05) is 11.9 Å². The molecule has 2 aromatic rings. The van der Waals surface area contributed by atoms with Gasteiger partial charge >= 0.3 is 0 Å². The molecule has 5 fully saturated rings. The Bertz CT molecular complexity index is 1030. The molecular weight excluding hydrogens is 388 g/mol. The fourth-order valence-corrected chi connectivity index (χ4v) is 7.62. The molecule has 1 aliphatic heterocycles. The molecule has 1 N–H and O–H groups in total. The van der Waals surface area contributed by atoms with Crippen LogP contribution in [0, 0.1) is 23.2 Å². The number of rotatable bonds is 5. The second kappa shape index (κ2) is 7.47. The van der Waals surface area contributed by atoms with Crippen LogP contribution in [-0.2, 0) is 16.1 Å². The van der Waals surface area contributed by atoms with Gasteiger partial charge in [-0.15, -0.1) is 0 Å². The van der Waals surface area contributed by atoms with Crippen LogP contribution in [0.15, 0.2) is 35.3 Å². The summed E-state index contributed by atoms with van der Waals surface area (Å²) in [5, 5.41) is 4.66. The van der Waals surface area contributed by atoms with Crippen molar-refractivity contribution in [2.45, 2.75) is 70.4 Å². The van der Waals surface area contributed by atoms with Gasteiger partial charge in [0, 0.05) is 35.7 Å². The Labute approximate surface area is 183 Å². The predicted molar refractivity (Wildman–Crippen MR) is 121 cm³/mol. The monoisotopic (exact) mass is 420 g/mol. The fraction of sp³-hybridized carbons (Fsp3) is 0.615. The molecule has 4 aliphatic carbocycles. The molecule has 7 rings (SSSR count). The lowest BCUT2D eigenvalue weighted by Crippen LogP contribution is -2.47. The van der Waals surface area contributed by atoms with Gasteiger partial charge in [0.25, 0.3) is 5.56 Å². The number of hydrogen-bond donors (Lipinski definition) is 1. The van der Waals surface area contributed by atoms with E-state index in [0.29, 0.717) is 18.4 Å². The first-order valence-electron chi connectivity index (χ1n) is 12.1. The Kier molecular flexibility index (Phi) is 4.71. The summed E-state index contributed by atoms with van der Waals surface area (Å²) >= 11 is 0. The molecule has 5 aliphatic rings. The molecule has 4 saturated carbocycles. The summed E-state index contributed by atoms with van der Waals surface area (Å²) in [6.45, 7) is 1.38. The Morgan fingerprint density at radius 1 is 1.06 bits per heavy atom. The van der Waals surface area contributed by atoms with E-state index in [1.807, 2.05) is 30.5 Å². The van der Waals surface area contributed by atoms with Gasteiger partial charge in [-0.05, 0) is 92.7 Å². The third-order valence-electron chi connectivity index (χ3n) is 8.42. The maximum Gasteiger partial charge on any atom is 0.258 e.